The molecule has 0 aliphatic carbocycles. The van der Waals surface area contributed by atoms with E-state index in [9.17, 15) is 23.1 Å². The number of benzene rings is 1. The SMILES string of the molecule is CC(=O)C(C#CN)=C(O)Cc1ccc(C(F)(F)F)cc1. The number of aliphatic hydroxyl groups is 1. The van der Waals surface area contributed by atoms with Gasteiger partial charge in [0.15, 0.2) is 5.78 Å². The van der Waals surface area contributed by atoms with Crippen LogP contribution in [0.2, 0.25) is 0 Å². The van der Waals surface area contributed by atoms with Crippen molar-refractivity contribution in [1.82, 2.24) is 0 Å². The number of ketones is 1. The standard InChI is InChI=1S/C14H12F3NO2/c1-9(19)12(6-7-18)13(20)8-10-2-4-11(5-3-10)14(15,16)17/h2-5,20H,8,18H2,1H3. The molecule has 0 aliphatic rings. The van der Waals surface area contributed by atoms with E-state index in [0.717, 1.165) is 12.1 Å². The van der Waals surface area contributed by atoms with Crippen molar-refractivity contribution in [2.45, 2.75) is 19.5 Å². The van der Waals surface area contributed by atoms with Gasteiger partial charge >= 0.3 is 6.18 Å². The molecule has 1 aromatic rings. The van der Waals surface area contributed by atoms with Crippen LogP contribution in [0.15, 0.2) is 35.6 Å². The summed E-state index contributed by atoms with van der Waals surface area (Å²) in [7, 11) is 0. The van der Waals surface area contributed by atoms with Gasteiger partial charge in [0.2, 0.25) is 0 Å². The van der Waals surface area contributed by atoms with Crippen molar-refractivity contribution in [2.24, 2.45) is 5.73 Å². The van der Waals surface area contributed by atoms with Crippen molar-refractivity contribution in [3.63, 3.8) is 0 Å². The Balaban J connectivity index is 3.01. The predicted octanol–water partition coefficient (Wildman–Crippen LogP) is 2.57. The molecule has 3 nitrogen and oxygen atoms in total. The number of carbonyl (C=O) groups excluding carboxylic acids is 1. The highest BCUT2D eigenvalue weighted by molar-refractivity contribution is 5.98. The highest BCUT2D eigenvalue weighted by atomic mass is 19.4. The lowest BCUT2D eigenvalue weighted by atomic mass is 10.0. The van der Waals surface area contributed by atoms with Crippen molar-refractivity contribution < 1.29 is 23.1 Å². The van der Waals surface area contributed by atoms with Crippen LogP contribution < -0.4 is 5.73 Å². The Kier molecular flexibility index (Phi) is 4.81. The fourth-order valence-corrected chi connectivity index (χ4v) is 1.53. The maximum atomic E-state index is 12.4. The molecule has 3 N–H and O–H groups in total. The Morgan fingerprint density at radius 3 is 2.25 bits per heavy atom. The second-order valence-corrected chi connectivity index (χ2v) is 4.02. The first-order valence-electron chi connectivity index (χ1n) is 5.56. The zero-order valence-electron chi connectivity index (χ0n) is 10.6. The number of allylic oxidation sites excluding steroid dienone is 2. The van der Waals surface area contributed by atoms with E-state index >= 15 is 0 Å². The smallest absolute Gasteiger partial charge is 0.416 e. The van der Waals surface area contributed by atoms with Crippen LogP contribution in [-0.4, -0.2) is 10.9 Å². The predicted molar refractivity (Wildman–Crippen MR) is 67.4 cm³/mol. The molecule has 0 amide bonds. The van der Waals surface area contributed by atoms with E-state index in [1.807, 2.05) is 6.04 Å². The normalized spacial score (nSPS) is 12.2. The van der Waals surface area contributed by atoms with Gasteiger partial charge in [-0.25, -0.2) is 0 Å². The van der Waals surface area contributed by atoms with Gasteiger partial charge in [0.1, 0.15) is 11.3 Å². The molecule has 106 valence electrons. The molecule has 0 aliphatic heterocycles. The third-order valence-corrected chi connectivity index (χ3v) is 2.49. The molecule has 0 radical (unpaired) electrons. The molecular weight excluding hydrogens is 271 g/mol. The maximum absolute atomic E-state index is 12.4. The summed E-state index contributed by atoms with van der Waals surface area (Å²) in [4.78, 5) is 11.2. The summed E-state index contributed by atoms with van der Waals surface area (Å²) >= 11 is 0. The molecule has 0 spiro atoms. The molecule has 1 rings (SSSR count). The molecule has 6 heteroatoms. The minimum Gasteiger partial charge on any atom is -0.511 e. The second-order valence-electron chi connectivity index (χ2n) is 4.02. The number of halogens is 3. The first-order valence-corrected chi connectivity index (χ1v) is 5.56. The number of Topliss-reactive ketones (excluding diaryl/α,β-unsaturated/α-hetero) is 1. The molecular formula is C14H12F3NO2. The van der Waals surface area contributed by atoms with Crippen LogP contribution in [0.4, 0.5) is 13.2 Å². The third-order valence-electron chi connectivity index (χ3n) is 2.49. The van der Waals surface area contributed by atoms with Crippen molar-refractivity contribution in [3.05, 3.63) is 46.7 Å². The summed E-state index contributed by atoms with van der Waals surface area (Å²) in [5.41, 5.74) is 4.48. The summed E-state index contributed by atoms with van der Waals surface area (Å²) in [6.07, 6.45) is -4.51. The van der Waals surface area contributed by atoms with Gasteiger partial charge in [0.25, 0.3) is 0 Å². The molecule has 0 saturated heterocycles. The van der Waals surface area contributed by atoms with Gasteiger partial charge in [-0.1, -0.05) is 12.1 Å². The lowest BCUT2D eigenvalue weighted by Gasteiger charge is -2.08. The van der Waals surface area contributed by atoms with Crippen LogP contribution in [0, 0.1) is 12.0 Å². The number of alkyl halides is 3. The van der Waals surface area contributed by atoms with Crippen LogP contribution in [0.1, 0.15) is 18.1 Å². The Bertz CT molecular complexity index is 590. The zero-order valence-corrected chi connectivity index (χ0v) is 10.6. The highest BCUT2D eigenvalue weighted by Crippen LogP contribution is 2.29. The second kappa shape index (κ2) is 6.15. The van der Waals surface area contributed by atoms with Crippen molar-refractivity contribution in [1.29, 1.82) is 0 Å². The molecule has 20 heavy (non-hydrogen) atoms. The van der Waals surface area contributed by atoms with E-state index in [0.29, 0.717) is 5.56 Å². The zero-order chi connectivity index (χ0) is 15.3. The van der Waals surface area contributed by atoms with Crippen LogP contribution in [0.3, 0.4) is 0 Å². The minimum atomic E-state index is -4.41. The van der Waals surface area contributed by atoms with Gasteiger partial charge in [-0.3, -0.25) is 4.79 Å². The van der Waals surface area contributed by atoms with Gasteiger partial charge in [0, 0.05) is 12.5 Å². The van der Waals surface area contributed by atoms with E-state index in [1.54, 1.807) is 0 Å². The number of carbonyl (C=O) groups is 1. The van der Waals surface area contributed by atoms with E-state index in [-0.39, 0.29) is 17.8 Å². The lowest BCUT2D eigenvalue weighted by molar-refractivity contribution is -0.137. The Labute approximate surface area is 113 Å². The molecule has 0 saturated carbocycles. The summed E-state index contributed by atoms with van der Waals surface area (Å²) in [6.45, 7) is 1.21. The van der Waals surface area contributed by atoms with E-state index in [1.165, 1.54) is 19.1 Å². The number of hydrogen-bond donors (Lipinski definition) is 2. The quantitative estimate of drug-likeness (QED) is 0.388. The van der Waals surface area contributed by atoms with Crippen LogP contribution in [0.25, 0.3) is 0 Å². The molecule has 0 bridgehead atoms. The minimum absolute atomic E-state index is 0.0955. The third kappa shape index (κ3) is 4.05. The summed E-state index contributed by atoms with van der Waals surface area (Å²) in [5.74, 6) is 1.48. The fourth-order valence-electron chi connectivity index (χ4n) is 1.53. The van der Waals surface area contributed by atoms with Crippen molar-refractivity contribution in [2.75, 3.05) is 0 Å². The van der Waals surface area contributed by atoms with Gasteiger partial charge in [-0.05, 0) is 30.5 Å². The van der Waals surface area contributed by atoms with Crippen LogP contribution in [0.5, 0.6) is 0 Å². The van der Waals surface area contributed by atoms with Gasteiger partial charge in [-0.2, -0.15) is 13.2 Å². The van der Waals surface area contributed by atoms with E-state index in [4.69, 9.17) is 5.73 Å². The first-order chi connectivity index (χ1) is 9.25. The number of aliphatic hydroxyl groups excluding tert-OH is 1. The average molecular weight is 283 g/mol. The molecule has 1 aromatic carbocycles. The summed E-state index contributed by atoms with van der Waals surface area (Å²) < 4.78 is 37.1. The highest BCUT2D eigenvalue weighted by Gasteiger charge is 2.29. The molecule has 0 atom stereocenters. The molecule has 0 unspecified atom stereocenters. The van der Waals surface area contributed by atoms with E-state index in [2.05, 4.69) is 5.92 Å². The summed E-state index contributed by atoms with van der Waals surface area (Å²) in [5, 5.41) is 9.77. The van der Waals surface area contributed by atoms with Crippen molar-refractivity contribution >= 4 is 5.78 Å². The monoisotopic (exact) mass is 283 g/mol. The fraction of sp³-hybridized carbons (Fsp3) is 0.214. The molecule has 0 fully saturated rings. The lowest BCUT2D eigenvalue weighted by Crippen LogP contribution is -2.05. The van der Waals surface area contributed by atoms with Crippen molar-refractivity contribution in [3.8, 4) is 12.0 Å². The Morgan fingerprint density at radius 2 is 1.85 bits per heavy atom. The van der Waals surface area contributed by atoms with E-state index < -0.39 is 17.5 Å². The number of hydrogen-bond acceptors (Lipinski definition) is 3. The first kappa shape index (κ1) is 15.6. The molecule has 0 heterocycles. The largest absolute Gasteiger partial charge is 0.511 e. The van der Waals surface area contributed by atoms with Gasteiger partial charge in [0.05, 0.1) is 5.56 Å². The summed E-state index contributed by atoms with van der Waals surface area (Å²) in [6, 6.07) is 6.28. The van der Waals surface area contributed by atoms with Crippen LogP contribution in [-0.2, 0) is 17.4 Å². The average Bonchev–Trinajstić information content (AvgIpc) is 2.34. The Morgan fingerprint density at radius 1 is 1.30 bits per heavy atom. The maximum Gasteiger partial charge on any atom is 0.416 e. The van der Waals surface area contributed by atoms with Gasteiger partial charge in [-0.15, -0.1) is 0 Å². The number of rotatable bonds is 3. The molecule has 0 aromatic heterocycles. The topological polar surface area (TPSA) is 63.3 Å². The van der Waals surface area contributed by atoms with Crippen LogP contribution >= 0.6 is 0 Å². The number of nitrogens with two attached hydrogens (primary N) is 1. The Hall–Kier alpha value is -2.42. The van der Waals surface area contributed by atoms with Gasteiger partial charge < -0.3 is 10.8 Å².